The minimum absolute atomic E-state index is 0.0472. The molecule has 1 heterocycles. The van der Waals surface area contributed by atoms with Gasteiger partial charge in [0.2, 0.25) is 0 Å². The van der Waals surface area contributed by atoms with E-state index in [9.17, 15) is 4.79 Å². The Labute approximate surface area is 122 Å². The summed E-state index contributed by atoms with van der Waals surface area (Å²) in [4.78, 5) is 16.9. The first-order valence-corrected chi connectivity index (χ1v) is 7.22. The molecule has 3 aromatic rings. The van der Waals surface area contributed by atoms with Gasteiger partial charge in [0, 0.05) is 11.5 Å². The van der Waals surface area contributed by atoms with Crippen molar-refractivity contribution in [2.75, 3.05) is 0 Å². The first-order valence-electron chi connectivity index (χ1n) is 7.22. The molecule has 4 heteroatoms. The smallest absolute Gasteiger partial charge is 0.323 e. The van der Waals surface area contributed by atoms with Gasteiger partial charge >= 0.3 is 5.69 Å². The van der Waals surface area contributed by atoms with E-state index in [1.165, 1.54) is 5.56 Å². The third-order valence-corrected chi connectivity index (χ3v) is 4.63. The number of hydrogen-bond donors (Lipinski definition) is 3. The fourth-order valence-corrected chi connectivity index (χ4v) is 3.25. The summed E-state index contributed by atoms with van der Waals surface area (Å²) in [6.45, 7) is 0. The van der Waals surface area contributed by atoms with Gasteiger partial charge in [0.1, 0.15) is 0 Å². The van der Waals surface area contributed by atoms with Crippen LogP contribution in [0.25, 0.3) is 11.0 Å². The molecule has 4 nitrogen and oxygen atoms in total. The first kappa shape index (κ1) is 12.4. The molecule has 0 bridgehead atoms. The molecule has 21 heavy (non-hydrogen) atoms. The molecule has 0 aliphatic heterocycles. The van der Waals surface area contributed by atoms with Crippen LogP contribution in [0.5, 0.6) is 0 Å². The molecule has 1 aliphatic carbocycles. The number of aromatic amines is 2. The standard InChI is InChI=1S/C17H17N3O/c18-15(17(8-9-17)12-4-2-1-3-5-12)11-6-7-13-14(10-11)20-16(21)19-13/h1-7,10,15H,8-9,18H2,(H2,19,20,21). The second kappa shape index (κ2) is 4.33. The molecule has 1 fully saturated rings. The second-order valence-electron chi connectivity index (χ2n) is 5.88. The maximum absolute atomic E-state index is 11.4. The molecule has 4 rings (SSSR count). The number of fused-ring (bicyclic) bond motifs is 1. The summed E-state index contributed by atoms with van der Waals surface area (Å²) < 4.78 is 0. The third-order valence-electron chi connectivity index (χ3n) is 4.63. The van der Waals surface area contributed by atoms with Crippen LogP contribution in [0.2, 0.25) is 0 Å². The summed E-state index contributed by atoms with van der Waals surface area (Å²) in [5, 5.41) is 0. The average molecular weight is 279 g/mol. The number of nitrogens with two attached hydrogens (primary N) is 1. The van der Waals surface area contributed by atoms with Crippen LogP contribution in [0.1, 0.15) is 30.0 Å². The molecule has 4 N–H and O–H groups in total. The predicted octanol–water partition coefficient (Wildman–Crippen LogP) is 2.59. The number of hydrogen-bond acceptors (Lipinski definition) is 2. The number of imidazole rings is 1. The van der Waals surface area contributed by atoms with Crippen LogP contribution in [0.15, 0.2) is 53.3 Å². The molecule has 1 aliphatic rings. The van der Waals surface area contributed by atoms with Gasteiger partial charge in [-0.3, -0.25) is 0 Å². The lowest BCUT2D eigenvalue weighted by Gasteiger charge is -2.24. The van der Waals surface area contributed by atoms with E-state index in [4.69, 9.17) is 5.73 Å². The average Bonchev–Trinajstić information content (AvgIpc) is 3.23. The van der Waals surface area contributed by atoms with E-state index in [-0.39, 0.29) is 17.1 Å². The van der Waals surface area contributed by atoms with Gasteiger partial charge < -0.3 is 15.7 Å². The highest BCUT2D eigenvalue weighted by atomic mass is 16.1. The molecule has 1 atom stereocenters. The molecule has 0 radical (unpaired) electrons. The Bertz CT molecular complexity index is 843. The van der Waals surface area contributed by atoms with E-state index in [0.29, 0.717) is 0 Å². The van der Waals surface area contributed by atoms with Crippen molar-refractivity contribution in [2.45, 2.75) is 24.3 Å². The van der Waals surface area contributed by atoms with Gasteiger partial charge in [-0.15, -0.1) is 0 Å². The predicted molar refractivity (Wildman–Crippen MR) is 83.2 cm³/mol. The Kier molecular flexibility index (Phi) is 2.56. The van der Waals surface area contributed by atoms with Crippen LogP contribution >= 0.6 is 0 Å². The SMILES string of the molecule is NC(c1ccc2[nH]c(=O)[nH]c2c1)C1(c2ccccc2)CC1. The monoisotopic (exact) mass is 279 g/mol. The van der Waals surface area contributed by atoms with Crippen molar-refractivity contribution in [2.24, 2.45) is 5.73 Å². The van der Waals surface area contributed by atoms with Gasteiger partial charge in [-0.05, 0) is 36.1 Å². The van der Waals surface area contributed by atoms with Gasteiger partial charge in [0.15, 0.2) is 0 Å². The summed E-state index contributed by atoms with van der Waals surface area (Å²) in [6, 6.07) is 16.3. The summed E-state index contributed by atoms with van der Waals surface area (Å²) >= 11 is 0. The highest BCUT2D eigenvalue weighted by molar-refractivity contribution is 5.75. The van der Waals surface area contributed by atoms with Crippen LogP contribution in [0.3, 0.4) is 0 Å². The van der Waals surface area contributed by atoms with Crippen LogP contribution < -0.4 is 11.4 Å². The zero-order chi connectivity index (χ0) is 14.4. The van der Waals surface area contributed by atoms with Crippen molar-refractivity contribution in [1.82, 2.24) is 9.97 Å². The lowest BCUT2D eigenvalue weighted by atomic mass is 9.84. The fraction of sp³-hybridized carbons (Fsp3) is 0.235. The van der Waals surface area contributed by atoms with E-state index in [0.717, 1.165) is 29.4 Å². The molecule has 1 aromatic heterocycles. The minimum atomic E-state index is -0.181. The molecular weight excluding hydrogens is 262 g/mol. The molecule has 1 unspecified atom stereocenters. The molecule has 2 aromatic carbocycles. The van der Waals surface area contributed by atoms with Crippen molar-refractivity contribution < 1.29 is 0 Å². The zero-order valence-corrected chi connectivity index (χ0v) is 11.6. The normalized spacial score (nSPS) is 17.8. The Morgan fingerprint density at radius 1 is 1.00 bits per heavy atom. The van der Waals surface area contributed by atoms with Crippen molar-refractivity contribution >= 4 is 11.0 Å². The maximum Gasteiger partial charge on any atom is 0.323 e. The number of aromatic nitrogens is 2. The third kappa shape index (κ3) is 1.91. The van der Waals surface area contributed by atoms with Crippen LogP contribution in [0.4, 0.5) is 0 Å². The van der Waals surface area contributed by atoms with E-state index in [1.54, 1.807) is 0 Å². The highest BCUT2D eigenvalue weighted by Crippen LogP contribution is 2.55. The summed E-state index contributed by atoms with van der Waals surface area (Å²) in [5.41, 5.74) is 10.4. The van der Waals surface area contributed by atoms with E-state index < -0.39 is 0 Å². The Morgan fingerprint density at radius 2 is 1.71 bits per heavy atom. The van der Waals surface area contributed by atoms with Crippen molar-refractivity contribution in [3.05, 3.63) is 70.1 Å². The molecule has 106 valence electrons. The lowest BCUT2D eigenvalue weighted by Crippen LogP contribution is -2.26. The molecule has 0 amide bonds. The molecule has 0 saturated heterocycles. The first-order chi connectivity index (χ1) is 10.2. The molecular formula is C17H17N3O. The van der Waals surface area contributed by atoms with Crippen molar-refractivity contribution in [1.29, 1.82) is 0 Å². The quantitative estimate of drug-likeness (QED) is 0.689. The molecule has 1 saturated carbocycles. The van der Waals surface area contributed by atoms with E-state index in [2.05, 4.69) is 34.2 Å². The van der Waals surface area contributed by atoms with E-state index in [1.807, 2.05) is 24.3 Å². The fourth-order valence-electron chi connectivity index (χ4n) is 3.25. The van der Waals surface area contributed by atoms with Crippen LogP contribution in [0, 0.1) is 0 Å². The van der Waals surface area contributed by atoms with Crippen LogP contribution in [-0.2, 0) is 5.41 Å². The Balaban J connectivity index is 1.76. The maximum atomic E-state index is 11.4. The summed E-state index contributed by atoms with van der Waals surface area (Å²) in [6.07, 6.45) is 2.22. The lowest BCUT2D eigenvalue weighted by molar-refractivity contribution is 0.542. The zero-order valence-electron chi connectivity index (χ0n) is 11.6. The van der Waals surface area contributed by atoms with Gasteiger partial charge in [-0.2, -0.15) is 0 Å². The Morgan fingerprint density at radius 3 is 2.43 bits per heavy atom. The number of rotatable bonds is 3. The topological polar surface area (TPSA) is 74.7 Å². The summed E-state index contributed by atoms with van der Waals surface area (Å²) in [5.74, 6) is 0. The summed E-state index contributed by atoms with van der Waals surface area (Å²) in [7, 11) is 0. The number of nitrogens with one attached hydrogen (secondary N) is 2. The minimum Gasteiger partial charge on any atom is -0.323 e. The van der Waals surface area contributed by atoms with Gasteiger partial charge in [0.25, 0.3) is 0 Å². The van der Waals surface area contributed by atoms with Gasteiger partial charge in [-0.25, -0.2) is 4.79 Å². The Hall–Kier alpha value is -2.33. The van der Waals surface area contributed by atoms with Crippen molar-refractivity contribution in [3.8, 4) is 0 Å². The van der Waals surface area contributed by atoms with Gasteiger partial charge in [-0.1, -0.05) is 36.4 Å². The van der Waals surface area contributed by atoms with E-state index >= 15 is 0 Å². The second-order valence-corrected chi connectivity index (χ2v) is 5.88. The largest absolute Gasteiger partial charge is 0.323 e. The number of benzene rings is 2. The number of H-pyrrole nitrogens is 2. The molecule has 0 spiro atoms. The highest BCUT2D eigenvalue weighted by Gasteiger charge is 2.49. The van der Waals surface area contributed by atoms with Crippen LogP contribution in [-0.4, -0.2) is 9.97 Å². The van der Waals surface area contributed by atoms with Gasteiger partial charge in [0.05, 0.1) is 11.0 Å². The van der Waals surface area contributed by atoms with Crippen molar-refractivity contribution in [3.63, 3.8) is 0 Å².